The van der Waals surface area contributed by atoms with E-state index in [9.17, 15) is 18.0 Å². The summed E-state index contributed by atoms with van der Waals surface area (Å²) in [6.07, 6.45) is 6.48. The molecule has 2 amide bonds. The maximum atomic E-state index is 14.2. The van der Waals surface area contributed by atoms with Gasteiger partial charge in [0, 0.05) is 19.0 Å². The Hall–Kier alpha value is -3.85. The Morgan fingerprint density at radius 1 is 0.929 bits per heavy atom. The van der Waals surface area contributed by atoms with Crippen molar-refractivity contribution in [1.82, 2.24) is 10.2 Å². The van der Waals surface area contributed by atoms with Gasteiger partial charge in [-0.2, -0.15) is 0 Å². The lowest BCUT2D eigenvalue weighted by atomic mass is 9.94. The second-order valence-corrected chi connectivity index (χ2v) is 12.9. The first-order valence-electron chi connectivity index (χ1n) is 14.4. The van der Waals surface area contributed by atoms with Gasteiger partial charge in [0.2, 0.25) is 21.8 Å². The molecule has 0 spiro atoms. The fraction of sp³-hybridized carbons (Fsp3) is 0.394. The SMILES string of the molecule is COc1ccc(N(CC(=O)N(Cc2cccc(C)c2)[C@@H](Cc2ccccc2)C(=O)NC2CCCCC2)S(C)(=O)=O)cc1. The number of carbonyl (C=O) groups is 2. The zero-order chi connectivity index (χ0) is 30.1. The summed E-state index contributed by atoms with van der Waals surface area (Å²) in [6, 6.07) is 23.2. The van der Waals surface area contributed by atoms with Crippen LogP contribution in [0.2, 0.25) is 0 Å². The average molecular weight is 592 g/mol. The van der Waals surface area contributed by atoms with Gasteiger partial charge in [-0.25, -0.2) is 8.42 Å². The van der Waals surface area contributed by atoms with Crippen molar-refractivity contribution < 1.29 is 22.7 Å². The van der Waals surface area contributed by atoms with Crippen molar-refractivity contribution in [3.8, 4) is 5.75 Å². The van der Waals surface area contributed by atoms with Crippen LogP contribution in [0.25, 0.3) is 0 Å². The maximum Gasteiger partial charge on any atom is 0.244 e. The van der Waals surface area contributed by atoms with Gasteiger partial charge in [0.1, 0.15) is 18.3 Å². The number of hydrogen-bond donors (Lipinski definition) is 1. The number of rotatable bonds is 12. The van der Waals surface area contributed by atoms with Gasteiger partial charge in [-0.3, -0.25) is 13.9 Å². The normalized spacial score (nSPS) is 14.5. The van der Waals surface area contributed by atoms with Gasteiger partial charge in [0.25, 0.3) is 0 Å². The van der Waals surface area contributed by atoms with Crippen molar-refractivity contribution in [3.63, 3.8) is 0 Å². The summed E-state index contributed by atoms with van der Waals surface area (Å²) in [5.74, 6) is -0.110. The van der Waals surface area contributed by atoms with E-state index in [1.807, 2.05) is 61.5 Å². The molecule has 224 valence electrons. The molecule has 1 aliphatic carbocycles. The zero-order valence-electron chi connectivity index (χ0n) is 24.7. The van der Waals surface area contributed by atoms with Crippen LogP contribution in [0.3, 0.4) is 0 Å². The quantitative estimate of drug-likeness (QED) is 0.325. The topological polar surface area (TPSA) is 96.0 Å². The van der Waals surface area contributed by atoms with Crippen LogP contribution >= 0.6 is 0 Å². The second-order valence-electron chi connectivity index (χ2n) is 11.0. The van der Waals surface area contributed by atoms with Gasteiger partial charge in [-0.1, -0.05) is 79.4 Å². The lowest BCUT2D eigenvalue weighted by Gasteiger charge is -2.35. The Bertz CT molecular complexity index is 1440. The number of anilines is 1. The number of nitrogens with one attached hydrogen (secondary N) is 1. The standard InChI is InChI=1S/C33H41N3O5S/c1-25-11-10-14-27(21-25)23-35(32(37)24-36(42(3,39)40)29-17-19-30(41-2)20-18-29)31(22-26-12-6-4-7-13-26)33(38)34-28-15-8-5-9-16-28/h4,6-7,10-14,17-21,28,31H,5,8-9,15-16,22-24H2,1-3H3,(H,34,38)/t31-/m0/s1. The molecule has 0 aromatic heterocycles. The van der Waals surface area contributed by atoms with Gasteiger partial charge in [-0.05, 0) is 55.2 Å². The molecular weight excluding hydrogens is 550 g/mol. The van der Waals surface area contributed by atoms with E-state index in [1.54, 1.807) is 29.2 Å². The molecular formula is C33H41N3O5S. The van der Waals surface area contributed by atoms with Gasteiger partial charge in [0.15, 0.2) is 0 Å². The number of ether oxygens (including phenoxy) is 1. The van der Waals surface area contributed by atoms with Crippen LogP contribution in [-0.4, -0.2) is 57.1 Å². The van der Waals surface area contributed by atoms with Gasteiger partial charge in [-0.15, -0.1) is 0 Å². The summed E-state index contributed by atoms with van der Waals surface area (Å²) < 4.78 is 32.2. The van der Waals surface area contributed by atoms with E-state index in [0.29, 0.717) is 17.9 Å². The molecule has 8 nitrogen and oxygen atoms in total. The van der Waals surface area contributed by atoms with Crippen molar-refractivity contribution in [2.45, 2.75) is 64.1 Å². The van der Waals surface area contributed by atoms with Crippen LogP contribution in [0.5, 0.6) is 5.75 Å². The maximum absolute atomic E-state index is 14.2. The molecule has 0 unspecified atom stereocenters. The summed E-state index contributed by atoms with van der Waals surface area (Å²) in [5, 5.41) is 3.22. The molecule has 0 heterocycles. The van der Waals surface area contributed by atoms with Gasteiger partial charge < -0.3 is 15.0 Å². The number of aryl methyl sites for hydroxylation is 1. The predicted octanol–water partition coefficient (Wildman–Crippen LogP) is 4.86. The summed E-state index contributed by atoms with van der Waals surface area (Å²) in [6.45, 7) is 1.69. The minimum absolute atomic E-state index is 0.0623. The monoisotopic (exact) mass is 591 g/mol. The predicted molar refractivity (Wildman–Crippen MR) is 166 cm³/mol. The third-order valence-corrected chi connectivity index (χ3v) is 8.84. The Morgan fingerprint density at radius 2 is 1.60 bits per heavy atom. The first-order chi connectivity index (χ1) is 20.1. The van der Waals surface area contributed by atoms with Crippen molar-refractivity contribution in [2.24, 2.45) is 0 Å². The zero-order valence-corrected chi connectivity index (χ0v) is 25.5. The molecule has 3 aromatic rings. The van der Waals surface area contributed by atoms with Crippen molar-refractivity contribution in [2.75, 3.05) is 24.2 Å². The van der Waals surface area contributed by atoms with E-state index in [4.69, 9.17) is 4.74 Å². The fourth-order valence-corrected chi connectivity index (χ4v) is 6.32. The molecule has 0 bridgehead atoms. The van der Waals surface area contributed by atoms with E-state index in [0.717, 1.165) is 59.4 Å². The first kappa shape index (κ1) is 31.1. The highest BCUT2D eigenvalue weighted by atomic mass is 32.2. The summed E-state index contributed by atoms with van der Waals surface area (Å²) in [5.41, 5.74) is 3.15. The highest BCUT2D eigenvalue weighted by Gasteiger charge is 2.34. The minimum atomic E-state index is -3.83. The van der Waals surface area contributed by atoms with Crippen molar-refractivity contribution in [1.29, 1.82) is 0 Å². The molecule has 1 aliphatic rings. The average Bonchev–Trinajstić information content (AvgIpc) is 2.98. The highest BCUT2D eigenvalue weighted by molar-refractivity contribution is 7.92. The molecule has 0 saturated heterocycles. The molecule has 3 aromatic carbocycles. The fourth-order valence-electron chi connectivity index (χ4n) is 5.47. The van der Waals surface area contributed by atoms with Crippen molar-refractivity contribution in [3.05, 3.63) is 95.6 Å². The molecule has 1 N–H and O–H groups in total. The molecule has 9 heteroatoms. The summed E-state index contributed by atoms with van der Waals surface area (Å²) in [4.78, 5) is 29.8. The molecule has 1 atom stereocenters. The lowest BCUT2D eigenvalue weighted by Crippen LogP contribution is -2.55. The molecule has 1 fully saturated rings. The third-order valence-electron chi connectivity index (χ3n) is 7.70. The van der Waals surface area contributed by atoms with Crippen LogP contribution in [0, 0.1) is 6.92 Å². The van der Waals surface area contributed by atoms with E-state index >= 15 is 0 Å². The van der Waals surface area contributed by atoms with Crippen LogP contribution in [0.15, 0.2) is 78.9 Å². The van der Waals surface area contributed by atoms with Crippen LogP contribution in [0.4, 0.5) is 5.69 Å². The molecule has 0 radical (unpaired) electrons. The van der Waals surface area contributed by atoms with E-state index < -0.39 is 28.5 Å². The minimum Gasteiger partial charge on any atom is -0.497 e. The number of amides is 2. The van der Waals surface area contributed by atoms with Crippen LogP contribution < -0.4 is 14.4 Å². The molecule has 1 saturated carbocycles. The second kappa shape index (κ2) is 14.4. The third kappa shape index (κ3) is 8.58. The first-order valence-corrected chi connectivity index (χ1v) is 16.3. The number of benzene rings is 3. The van der Waals surface area contributed by atoms with Gasteiger partial charge >= 0.3 is 0 Å². The Labute approximate surface area is 249 Å². The molecule has 0 aliphatic heterocycles. The van der Waals surface area contributed by atoms with E-state index in [1.165, 1.54) is 7.11 Å². The number of methoxy groups -OCH3 is 1. The van der Waals surface area contributed by atoms with Crippen molar-refractivity contribution >= 4 is 27.5 Å². The number of hydrogen-bond acceptors (Lipinski definition) is 5. The number of sulfonamides is 1. The molecule has 42 heavy (non-hydrogen) atoms. The highest BCUT2D eigenvalue weighted by Crippen LogP contribution is 2.24. The van der Waals surface area contributed by atoms with Crippen LogP contribution in [0.1, 0.15) is 48.8 Å². The summed E-state index contributed by atoms with van der Waals surface area (Å²) >= 11 is 0. The van der Waals surface area contributed by atoms with E-state index in [-0.39, 0.29) is 18.5 Å². The Morgan fingerprint density at radius 3 is 2.21 bits per heavy atom. The Balaban J connectivity index is 1.71. The Kier molecular flexibility index (Phi) is 10.6. The summed E-state index contributed by atoms with van der Waals surface area (Å²) in [7, 11) is -2.30. The van der Waals surface area contributed by atoms with Gasteiger partial charge in [0.05, 0.1) is 19.1 Å². The largest absolute Gasteiger partial charge is 0.497 e. The molecule has 4 rings (SSSR count). The van der Waals surface area contributed by atoms with E-state index in [2.05, 4.69) is 5.32 Å². The lowest BCUT2D eigenvalue weighted by molar-refractivity contribution is -0.140. The smallest absolute Gasteiger partial charge is 0.244 e. The number of nitrogens with zero attached hydrogens (tertiary/aromatic N) is 2. The number of carbonyl (C=O) groups excluding carboxylic acids is 2. The van der Waals surface area contributed by atoms with Crippen LogP contribution in [-0.2, 0) is 32.6 Å².